The third-order valence-electron chi connectivity index (χ3n) is 3.82. The first-order chi connectivity index (χ1) is 12.7. The summed E-state index contributed by atoms with van der Waals surface area (Å²) in [4.78, 5) is 22.2. The van der Waals surface area contributed by atoms with Crippen LogP contribution in [-0.4, -0.2) is 33.0 Å². The Morgan fingerprint density at radius 3 is 2.56 bits per heavy atom. The Morgan fingerprint density at radius 2 is 1.96 bits per heavy atom. The average Bonchev–Trinajstić information content (AvgIpc) is 2.65. The van der Waals surface area contributed by atoms with E-state index in [4.69, 9.17) is 4.74 Å². The van der Waals surface area contributed by atoms with Gasteiger partial charge in [-0.15, -0.1) is 6.58 Å². The lowest BCUT2D eigenvalue weighted by atomic mass is 10.2. The van der Waals surface area contributed by atoms with E-state index in [-0.39, 0.29) is 28.4 Å². The Labute approximate surface area is 156 Å². The Kier molecular flexibility index (Phi) is 5.96. The van der Waals surface area contributed by atoms with Gasteiger partial charge in [-0.1, -0.05) is 24.3 Å². The fourth-order valence-electron chi connectivity index (χ4n) is 2.52. The number of nitro groups is 1. The molecule has 0 N–H and O–H groups in total. The number of carbonyl (C=O) groups is 1. The van der Waals surface area contributed by atoms with Gasteiger partial charge in [-0.3, -0.25) is 14.4 Å². The maximum absolute atomic E-state index is 13.3. The van der Waals surface area contributed by atoms with E-state index in [2.05, 4.69) is 6.58 Å². The van der Waals surface area contributed by atoms with Crippen LogP contribution in [0.3, 0.4) is 0 Å². The molecule has 0 spiro atoms. The molecule has 0 saturated heterocycles. The van der Waals surface area contributed by atoms with Crippen molar-refractivity contribution < 1.29 is 22.9 Å². The molecule has 142 valence electrons. The predicted molar refractivity (Wildman–Crippen MR) is 100 cm³/mol. The van der Waals surface area contributed by atoms with E-state index in [1.54, 1.807) is 12.1 Å². The van der Waals surface area contributed by atoms with E-state index in [0.29, 0.717) is 5.56 Å². The lowest BCUT2D eigenvalue weighted by molar-refractivity contribution is -0.385. The monoisotopic (exact) mass is 390 g/mol. The van der Waals surface area contributed by atoms with Crippen LogP contribution in [0.1, 0.15) is 15.9 Å². The summed E-state index contributed by atoms with van der Waals surface area (Å²) in [5.41, 5.74) is 0.132. The Bertz CT molecular complexity index is 1000. The maximum atomic E-state index is 13.3. The first-order valence-electron chi connectivity index (χ1n) is 7.80. The second-order valence-corrected chi connectivity index (χ2v) is 7.37. The number of hydrogen-bond acceptors (Lipinski definition) is 6. The summed E-state index contributed by atoms with van der Waals surface area (Å²) in [6, 6.07) is 9.65. The van der Waals surface area contributed by atoms with E-state index in [1.165, 1.54) is 44.4 Å². The summed E-state index contributed by atoms with van der Waals surface area (Å²) in [5.74, 6) is -0.703. The minimum atomic E-state index is -4.22. The van der Waals surface area contributed by atoms with E-state index in [9.17, 15) is 23.3 Å². The van der Waals surface area contributed by atoms with Gasteiger partial charge in [0.25, 0.3) is 15.7 Å². The van der Waals surface area contributed by atoms with Crippen molar-refractivity contribution in [3.8, 4) is 0 Å². The number of non-ortho nitro benzene ring substituents is 1. The highest BCUT2D eigenvalue weighted by Crippen LogP contribution is 2.30. The zero-order chi connectivity index (χ0) is 20.2. The van der Waals surface area contributed by atoms with Crippen LogP contribution in [0, 0.1) is 17.0 Å². The first-order valence-corrected chi connectivity index (χ1v) is 9.24. The van der Waals surface area contributed by atoms with Crippen LogP contribution in [0.5, 0.6) is 0 Å². The second-order valence-electron chi connectivity index (χ2n) is 5.54. The molecule has 0 fully saturated rings. The number of rotatable bonds is 7. The number of aryl methyl sites for hydroxylation is 1. The number of hydrogen-bond donors (Lipinski definition) is 0. The summed E-state index contributed by atoms with van der Waals surface area (Å²) in [5, 5.41) is 11.1. The third-order valence-corrected chi connectivity index (χ3v) is 5.75. The van der Waals surface area contributed by atoms with Crippen LogP contribution in [0.15, 0.2) is 60.0 Å². The van der Waals surface area contributed by atoms with E-state index < -0.39 is 20.9 Å². The van der Waals surface area contributed by atoms with Crippen LogP contribution < -0.4 is 4.31 Å². The van der Waals surface area contributed by atoms with Crippen molar-refractivity contribution in [2.75, 3.05) is 18.0 Å². The minimum absolute atomic E-state index is 0.0495. The van der Waals surface area contributed by atoms with Crippen molar-refractivity contribution in [1.29, 1.82) is 0 Å². The molecule has 0 aliphatic heterocycles. The Balaban J connectivity index is 2.71. The number of nitro benzene ring substituents is 1. The normalized spacial score (nSPS) is 10.9. The highest BCUT2D eigenvalue weighted by molar-refractivity contribution is 7.93. The maximum Gasteiger partial charge on any atom is 0.340 e. The molecule has 8 nitrogen and oxygen atoms in total. The van der Waals surface area contributed by atoms with Gasteiger partial charge in [0.05, 0.1) is 34.7 Å². The largest absolute Gasteiger partial charge is 0.465 e. The van der Waals surface area contributed by atoms with Crippen LogP contribution in [0.25, 0.3) is 0 Å². The number of nitrogens with zero attached hydrogens (tertiary/aromatic N) is 2. The Hall–Kier alpha value is -3.20. The highest BCUT2D eigenvalue weighted by atomic mass is 32.2. The lowest BCUT2D eigenvalue weighted by Gasteiger charge is -2.25. The van der Waals surface area contributed by atoms with Crippen molar-refractivity contribution >= 4 is 27.4 Å². The van der Waals surface area contributed by atoms with Crippen molar-refractivity contribution in [2.45, 2.75) is 11.8 Å². The number of methoxy groups -OCH3 is 1. The molecule has 0 heterocycles. The standard InChI is InChI=1S/C18H18N2O6S/c1-4-11-19(16-8-6-5-7-15(16)18(21)26-3)27(24,25)17-12-14(20(22)23)10-9-13(17)2/h4-10,12H,1,11H2,2-3H3. The molecule has 0 bridgehead atoms. The van der Waals surface area contributed by atoms with E-state index in [1.807, 2.05) is 0 Å². The number of sulfonamides is 1. The molecule has 0 amide bonds. The molecular weight excluding hydrogens is 372 g/mol. The molecule has 2 aromatic carbocycles. The van der Waals surface area contributed by atoms with Gasteiger partial charge in [0.1, 0.15) is 0 Å². The van der Waals surface area contributed by atoms with E-state index >= 15 is 0 Å². The molecule has 9 heteroatoms. The van der Waals surface area contributed by atoms with Gasteiger partial charge in [-0.05, 0) is 24.6 Å². The smallest absolute Gasteiger partial charge is 0.340 e. The molecule has 0 radical (unpaired) electrons. The van der Waals surface area contributed by atoms with Gasteiger partial charge in [0.2, 0.25) is 0 Å². The SMILES string of the molecule is C=CCN(c1ccccc1C(=O)OC)S(=O)(=O)c1cc([N+](=O)[O-])ccc1C. The zero-order valence-electron chi connectivity index (χ0n) is 14.8. The van der Waals surface area contributed by atoms with Crippen molar-refractivity contribution in [3.05, 3.63) is 76.4 Å². The highest BCUT2D eigenvalue weighted by Gasteiger charge is 2.30. The molecule has 0 aliphatic carbocycles. The van der Waals surface area contributed by atoms with Crippen molar-refractivity contribution in [2.24, 2.45) is 0 Å². The molecule has 0 unspecified atom stereocenters. The zero-order valence-corrected chi connectivity index (χ0v) is 15.6. The van der Waals surface area contributed by atoms with Gasteiger partial charge in [0, 0.05) is 12.1 Å². The number of para-hydroxylation sites is 1. The molecule has 0 saturated carbocycles. The Morgan fingerprint density at radius 1 is 1.30 bits per heavy atom. The van der Waals surface area contributed by atoms with Gasteiger partial charge >= 0.3 is 5.97 Å². The minimum Gasteiger partial charge on any atom is -0.465 e. The molecule has 2 rings (SSSR count). The van der Waals surface area contributed by atoms with Gasteiger partial charge in [-0.2, -0.15) is 0 Å². The summed E-state index contributed by atoms with van der Waals surface area (Å²) in [6.07, 6.45) is 1.36. The molecule has 2 aromatic rings. The lowest BCUT2D eigenvalue weighted by Crippen LogP contribution is -2.33. The number of benzene rings is 2. The summed E-state index contributed by atoms with van der Waals surface area (Å²) in [7, 11) is -3.03. The molecule has 0 atom stereocenters. The quantitative estimate of drug-likeness (QED) is 0.311. The van der Waals surface area contributed by atoms with E-state index in [0.717, 1.165) is 10.4 Å². The van der Waals surface area contributed by atoms with Crippen molar-refractivity contribution in [3.63, 3.8) is 0 Å². The fourth-order valence-corrected chi connectivity index (χ4v) is 4.22. The summed E-state index contributed by atoms with van der Waals surface area (Å²) in [6.45, 7) is 4.96. The third kappa shape index (κ3) is 3.98. The second kappa shape index (κ2) is 8.00. The number of carbonyl (C=O) groups excluding carboxylic acids is 1. The van der Waals surface area contributed by atoms with Crippen LogP contribution in [0.2, 0.25) is 0 Å². The molecule has 27 heavy (non-hydrogen) atoms. The van der Waals surface area contributed by atoms with Crippen LogP contribution in [0.4, 0.5) is 11.4 Å². The first kappa shape index (κ1) is 20.1. The average molecular weight is 390 g/mol. The molecular formula is C18H18N2O6S. The van der Waals surface area contributed by atoms with Crippen LogP contribution in [-0.2, 0) is 14.8 Å². The van der Waals surface area contributed by atoms with Gasteiger partial charge < -0.3 is 4.74 Å². The number of anilines is 1. The topological polar surface area (TPSA) is 107 Å². The van der Waals surface area contributed by atoms with Crippen LogP contribution >= 0.6 is 0 Å². The van der Waals surface area contributed by atoms with Gasteiger partial charge in [0.15, 0.2) is 0 Å². The number of ether oxygens (including phenoxy) is 1. The molecule has 0 aliphatic rings. The van der Waals surface area contributed by atoms with Crippen molar-refractivity contribution in [1.82, 2.24) is 0 Å². The molecule has 0 aromatic heterocycles. The summed E-state index contributed by atoms with van der Waals surface area (Å²) >= 11 is 0. The predicted octanol–water partition coefficient (Wildman–Crippen LogP) is 3.07. The number of esters is 1. The summed E-state index contributed by atoms with van der Waals surface area (Å²) < 4.78 is 32.3. The fraction of sp³-hybridized carbons (Fsp3) is 0.167. The van der Waals surface area contributed by atoms with Gasteiger partial charge in [-0.25, -0.2) is 13.2 Å².